The van der Waals surface area contributed by atoms with E-state index in [2.05, 4.69) is 58.2 Å². The number of fused-ring (bicyclic) bond motifs is 1. The van der Waals surface area contributed by atoms with E-state index in [0.717, 1.165) is 32.4 Å². The lowest BCUT2D eigenvalue weighted by Crippen LogP contribution is -2.50. The molecule has 0 aliphatic carbocycles. The molecule has 0 saturated carbocycles. The normalized spacial score (nSPS) is 13.9. The zero-order valence-electron chi connectivity index (χ0n) is 19.9. The van der Waals surface area contributed by atoms with Gasteiger partial charge in [-0.15, -0.1) is 0 Å². The predicted molar refractivity (Wildman–Crippen MR) is 146 cm³/mol. The molecule has 7 heteroatoms. The summed E-state index contributed by atoms with van der Waals surface area (Å²) in [6.45, 7) is 6.99. The molecular weight excluding hydrogens is 502 g/mol. The number of anilines is 2. The molecular formula is C28H28BrN5O. The third-order valence-electron chi connectivity index (χ3n) is 6.36. The molecule has 0 bridgehead atoms. The van der Waals surface area contributed by atoms with Crippen LogP contribution in [0, 0.1) is 0 Å². The van der Waals surface area contributed by atoms with Gasteiger partial charge in [-0.1, -0.05) is 66.2 Å². The van der Waals surface area contributed by atoms with Crippen LogP contribution in [0.5, 0.6) is 0 Å². The van der Waals surface area contributed by atoms with E-state index in [1.54, 1.807) is 0 Å². The van der Waals surface area contributed by atoms with Crippen LogP contribution in [0.1, 0.15) is 25.3 Å². The number of nitrogens with one attached hydrogen (secondary N) is 1. The molecule has 1 aliphatic rings. The fourth-order valence-electron chi connectivity index (χ4n) is 4.33. The van der Waals surface area contributed by atoms with Crippen LogP contribution < -0.4 is 10.2 Å². The third-order valence-corrected chi connectivity index (χ3v) is 6.85. The van der Waals surface area contributed by atoms with Gasteiger partial charge in [0.2, 0.25) is 0 Å². The van der Waals surface area contributed by atoms with Gasteiger partial charge in [0.25, 0.3) is 0 Å². The number of hydrogen-bond donors (Lipinski definition) is 1. The quantitative estimate of drug-likeness (QED) is 0.326. The van der Waals surface area contributed by atoms with Gasteiger partial charge >= 0.3 is 6.03 Å². The van der Waals surface area contributed by atoms with Crippen LogP contribution in [0.15, 0.2) is 77.3 Å². The van der Waals surface area contributed by atoms with Crippen LogP contribution in [0.2, 0.25) is 0 Å². The summed E-state index contributed by atoms with van der Waals surface area (Å²) >= 11 is 3.55. The van der Waals surface area contributed by atoms with Crippen LogP contribution in [0.25, 0.3) is 22.3 Å². The summed E-state index contributed by atoms with van der Waals surface area (Å²) in [6.07, 6.45) is 0. The summed E-state index contributed by atoms with van der Waals surface area (Å²) in [5.74, 6) is 2.08. The molecule has 3 aromatic carbocycles. The summed E-state index contributed by atoms with van der Waals surface area (Å²) in [5.41, 5.74) is 3.96. The summed E-state index contributed by atoms with van der Waals surface area (Å²) in [6, 6.07) is 24.2. The number of para-hydroxylation sites is 1. The minimum atomic E-state index is -0.0654. The smallest absolute Gasteiger partial charge is 0.321 e. The molecule has 178 valence electrons. The Kier molecular flexibility index (Phi) is 6.68. The third kappa shape index (κ3) is 5.15. The molecule has 35 heavy (non-hydrogen) atoms. The predicted octanol–water partition coefficient (Wildman–Crippen LogP) is 6.54. The maximum absolute atomic E-state index is 12.9. The second-order valence-electron chi connectivity index (χ2n) is 9.08. The Morgan fingerprint density at radius 1 is 0.914 bits per heavy atom. The highest BCUT2D eigenvalue weighted by atomic mass is 79.9. The number of carbonyl (C=O) groups is 1. The van der Waals surface area contributed by atoms with Crippen LogP contribution in [-0.4, -0.2) is 47.1 Å². The number of amides is 2. The van der Waals surface area contributed by atoms with Crippen molar-refractivity contribution in [2.75, 3.05) is 36.4 Å². The molecule has 1 saturated heterocycles. The highest BCUT2D eigenvalue weighted by Gasteiger charge is 2.24. The van der Waals surface area contributed by atoms with Gasteiger partial charge < -0.3 is 15.1 Å². The average molecular weight is 530 g/mol. The summed E-state index contributed by atoms with van der Waals surface area (Å²) in [4.78, 5) is 26.8. The maximum Gasteiger partial charge on any atom is 0.321 e. The van der Waals surface area contributed by atoms with E-state index in [4.69, 9.17) is 9.97 Å². The van der Waals surface area contributed by atoms with Gasteiger partial charge in [0.05, 0.1) is 5.52 Å². The van der Waals surface area contributed by atoms with Crippen molar-refractivity contribution >= 4 is 44.4 Å². The lowest BCUT2D eigenvalue weighted by molar-refractivity contribution is 0.208. The summed E-state index contributed by atoms with van der Waals surface area (Å²) < 4.78 is 0.992. The van der Waals surface area contributed by atoms with Crippen molar-refractivity contribution in [3.63, 3.8) is 0 Å². The number of nitrogens with zero attached hydrogens (tertiary/aromatic N) is 4. The highest BCUT2D eigenvalue weighted by molar-refractivity contribution is 9.10. The number of hydrogen-bond acceptors (Lipinski definition) is 4. The van der Waals surface area contributed by atoms with Gasteiger partial charge in [0.1, 0.15) is 5.82 Å². The Hall–Kier alpha value is -3.45. The second-order valence-corrected chi connectivity index (χ2v) is 9.99. The number of aromatic nitrogens is 2. The van der Waals surface area contributed by atoms with Crippen molar-refractivity contribution in [1.29, 1.82) is 0 Å². The standard InChI is InChI=1S/C28H28BrN5O/c1-19(2)20-10-12-23(13-11-20)30-28(35)34-16-14-33(15-17-34)27-24-8-3-4-9-25(24)31-26(32-27)21-6-5-7-22(29)18-21/h3-13,18-19H,14-17H2,1-2H3,(H,30,35). The van der Waals surface area contributed by atoms with Gasteiger partial charge in [-0.3, -0.25) is 0 Å². The monoisotopic (exact) mass is 529 g/mol. The van der Waals surface area contributed by atoms with Crippen molar-refractivity contribution in [2.24, 2.45) is 0 Å². The van der Waals surface area contributed by atoms with E-state index < -0.39 is 0 Å². The van der Waals surface area contributed by atoms with Crippen molar-refractivity contribution in [1.82, 2.24) is 14.9 Å². The van der Waals surface area contributed by atoms with E-state index in [1.165, 1.54) is 5.56 Å². The van der Waals surface area contributed by atoms with E-state index in [-0.39, 0.29) is 6.03 Å². The topological polar surface area (TPSA) is 61.4 Å². The van der Waals surface area contributed by atoms with Gasteiger partial charge in [-0.25, -0.2) is 14.8 Å². The van der Waals surface area contributed by atoms with Crippen molar-refractivity contribution < 1.29 is 4.79 Å². The number of urea groups is 1. The molecule has 0 radical (unpaired) electrons. The molecule has 0 spiro atoms. The highest BCUT2D eigenvalue weighted by Crippen LogP contribution is 2.29. The largest absolute Gasteiger partial charge is 0.352 e. The molecule has 1 N–H and O–H groups in total. The first-order valence-electron chi connectivity index (χ1n) is 11.9. The molecule has 1 aromatic heterocycles. The number of carbonyl (C=O) groups excluding carboxylic acids is 1. The fourth-order valence-corrected chi connectivity index (χ4v) is 4.73. The van der Waals surface area contributed by atoms with Crippen molar-refractivity contribution in [3.05, 3.63) is 82.8 Å². The molecule has 1 aliphatic heterocycles. The first kappa shape index (κ1) is 23.3. The summed E-state index contributed by atoms with van der Waals surface area (Å²) in [5, 5.41) is 4.06. The molecule has 2 amide bonds. The van der Waals surface area contributed by atoms with E-state index >= 15 is 0 Å². The molecule has 1 fully saturated rings. The number of halogens is 1. The minimum absolute atomic E-state index is 0.0654. The lowest BCUT2D eigenvalue weighted by atomic mass is 10.0. The average Bonchev–Trinajstić information content (AvgIpc) is 2.88. The second kappa shape index (κ2) is 10.0. The van der Waals surface area contributed by atoms with E-state index in [9.17, 15) is 4.79 Å². The van der Waals surface area contributed by atoms with Gasteiger partial charge in [-0.05, 0) is 47.9 Å². The van der Waals surface area contributed by atoms with Crippen molar-refractivity contribution in [2.45, 2.75) is 19.8 Å². The Bertz CT molecular complexity index is 1350. The zero-order chi connectivity index (χ0) is 24.4. The SMILES string of the molecule is CC(C)c1ccc(NC(=O)N2CCN(c3nc(-c4cccc(Br)c4)nc4ccccc34)CC2)cc1. The molecule has 0 atom stereocenters. The van der Waals surface area contributed by atoms with Gasteiger partial charge in [-0.2, -0.15) is 0 Å². The van der Waals surface area contributed by atoms with E-state index in [0.29, 0.717) is 37.9 Å². The Balaban J connectivity index is 1.32. The van der Waals surface area contributed by atoms with E-state index in [1.807, 2.05) is 59.5 Å². The lowest BCUT2D eigenvalue weighted by Gasteiger charge is -2.36. The minimum Gasteiger partial charge on any atom is -0.352 e. The maximum atomic E-state index is 12.9. The molecule has 6 nitrogen and oxygen atoms in total. The zero-order valence-corrected chi connectivity index (χ0v) is 21.5. The molecule has 2 heterocycles. The van der Waals surface area contributed by atoms with Gasteiger partial charge in [0, 0.05) is 47.3 Å². The number of piperazine rings is 1. The fraction of sp³-hybridized carbons (Fsp3) is 0.250. The Labute approximate surface area is 214 Å². The van der Waals surface area contributed by atoms with Crippen LogP contribution >= 0.6 is 15.9 Å². The molecule has 5 rings (SSSR count). The first-order chi connectivity index (χ1) is 17.0. The Morgan fingerprint density at radius 2 is 1.66 bits per heavy atom. The molecule has 4 aromatic rings. The van der Waals surface area contributed by atoms with Gasteiger partial charge in [0.15, 0.2) is 5.82 Å². The van der Waals surface area contributed by atoms with Crippen LogP contribution in [0.4, 0.5) is 16.3 Å². The molecule has 0 unspecified atom stereocenters. The Morgan fingerprint density at radius 3 is 2.37 bits per heavy atom. The van der Waals surface area contributed by atoms with Crippen LogP contribution in [0.3, 0.4) is 0 Å². The van der Waals surface area contributed by atoms with Crippen molar-refractivity contribution in [3.8, 4) is 11.4 Å². The first-order valence-corrected chi connectivity index (χ1v) is 12.7. The van der Waals surface area contributed by atoms with Crippen LogP contribution in [-0.2, 0) is 0 Å². The number of benzene rings is 3. The number of rotatable bonds is 4. The summed E-state index contributed by atoms with van der Waals surface area (Å²) in [7, 11) is 0.